The van der Waals surface area contributed by atoms with Crippen molar-refractivity contribution in [3.63, 3.8) is 0 Å². The van der Waals surface area contributed by atoms with E-state index in [0.717, 1.165) is 11.8 Å². The maximum absolute atomic E-state index is 13.2. The van der Waals surface area contributed by atoms with Gasteiger partial charge in [-0.25, -0.2) is 22.8 Å². The second kappa shape index (κ2) is 8.80. The fraction of sp³-hybridized carbons (Fsp3) is 0.0800. The third-order valence-electron chi connectivity index (χ3n) is 5.24. The van der Waals surface area contributed by atoms with E-state index in [2.05, 4.69) is 19.7 Å². The van der Waals surface area contributed by atoms with Gasteiger partial charge in [-0.1, -0.05) is 24.3 Å². The Hall–Kier alpha value is -4.31. The van der Waals surface area contributed by atoms with Gasteiger partial charge in [0.05, 0.1) is 18.1 Å². The van der Waals surface area contributed by atoms with Gasteiger partial charge < -0.3 is 9.52 Å². The van der Waals surface area contributed by atoms with Crippen LogP contribution in [0.15, 0.2) is 77.5 Å². The van der Waals surface area contributed by atoms with Gasteiger partial charge in [0.15, 0.2) is 11.4 Å². The van der Waals surface area contributed by atoms with Gasteiger partial charge in [-0.3, -0.25) is 9.71 Å². The first-order valence-electron chi connectivity index (χ1n) is 10.5. The maximum atomic E-state index is 13.2. The molecule has 35 heavy (non-hydrogen) atoms. The van der Waals surface area contributed by atoms with Crippen molar-refractivity contribution < 1.29 is 22.3 Å². The summed E-state index contributed by atoms with van der Waals surface area (Å²) in [5, 5.41) is 11.5. The summed E-state index contributed by atoms with van der Waals surface area (Å²) < 4.78 is 44.5. The number of aromatic nitrogens is 3. The highest BCUT2D eigenvalue weighted by molar-refractivity contribution is 7.92. The van der Waals surface area contributed by atoms with Crippen LogP contribution in [0.4, 0.5) is 10.1 Å². The Labute approximate surface area is 200 Å². The van der Waals surface area contributed by atoms with E-state index < -0.39 is 10.0 Å². The molecular formula is C25H19FN4O4S. The summed E-state index contributed by atoms with van der Waals surface area (Å²) in [4.78, 5) is 13.2. The maximum Gasteiger partial charge on any atom is 0.249 e. The van der Waals surface area contributed by atoms with Crippen LogP contribution in [0, 0.1) is 5.82 Å². The Balaban J connectivity index is 1.56. The van der Waals surface area contributed by atoms with E-state index in [1.807, 2.05) is 0 Å². The van der Waals surface area contributed by atoms with Crippen molar-refractivity contribution in [2.75, 3.05) is 11.0 Å². The molecular weight excluding hydrogens is 471 g/mol. The molecule has 0 fully saturated rings. The lowest BCUT2D eigenvalue weighted by atomic mass is 10.0. The van der Waals surface area contributed by atoms with Gasteiger partial charge >= 0.3 is 0 Å². The molecule has 176 valence electrons. The number of nitrogens with zero attached hydrogens (tertiary/aromatic N) is 3. The number of fused-ring (bicyclic) bond motifs is 1. The van der Waals surface area contributed by atoms with Gasteiger partial charge in [-0.05, 0) is 42.0 Å². The normalized spacial score (nSPS) is 11.6. The smallest absolute Gasteiger partial charge is 0.249 e. The molecule has 3 heterocycles. The molecule has 0 spiro atoms. The molecule has 0 bridgehead atoms. The molecule has 3 aromatic heterocycles. The first-order chi connectivity index (χ1) is 16.8. The second-order valence-corrected chi connectivity index (χ2v) is 9.69. The molecule has 0 aliphatic rings. The van der Waals surface area contributed by atoms with E-state index in [9.17, 15) is 17.9 Å². The fourth-order valence-electron chi connectivity index (χ4n) is 3.70. The van der Waals surface area contributed by atoms with Gasteiger partial charge in [-0.15, -0.1) is 0 Å². The summed E-state index contributed by atoms with van der Waals surface area (Å²) in [7, 11) is -3.41. The van der Waals surface area contributed by atoms with Crippen molar-refractivity contribution in [1.82, 2.24) is 15.0 Å². The molecule has 10 heteroatoms. The molecule has 0 aliphatic carbocycles. The number of nitrogens with one attached hydrogen (secondary N) is 1. The number of oxazole rings is 1. The minimum atomic E-state index is -3.41. The van der Waals surface area contributed by atoms with Crippen LogP contribution in [0.5, 0.6) is 5.75 Å². The summed E-state index contributed by atoms with van der Waals surface area (Å²) in [5.41, 5.74) is 2.90. The Morgan fingerprint density at radius 2 is 1.74 bits per heavy atom. The molecule has 5 rings (SSSR count). The number of pyridine rings is 2. The topological polar surface area (TPSA) is 118 Å². The second-order valence-electron chi connectivity index (χ2n) is 7.94. The summed E-state index contributed by atoms with van der Waals surface area (Å²) in [5.74, 6) is 0.141. The van der Waals surface area contributed by atoms with Crippen molar-refractivity contribution in [1.29, 1.82) is 0 Å². The molecule has 0 radical (unpaired) electrons. The third kappa shape index (κ3) is 4.82. The molecule has 0 aliphatic heterocycles. The lowest BCUT2D eigenvalue weighted by Gasteiger charge is -2.11. The van der Waals surface area contributed by atoms with E-state index >= 15 is 0 Å². The predicted molar refractivity (Wildman–Crippen MR) is 130 cm³/mol. The van der Waals surface area contributed by atoms with Crippen LogP contribution in [0.25, 0.3) is 33.7 Å². The number of hydrogen-bond donors (Lipinski definition) is 2. The van der Waals surface area contributed by atoms with E-state index in [-0.39, 0.29) is 23.2 Å². The summed E-state index contributed by atoms with van der Waals surface area (Å²) >= 11 is 0. The van der Waals surface area contributed by atoms with Gasteiger partial charge in [0.2, 0.25) is 15.9 Å². The highest BCUT2D eigenvalue weighted by atomic mass is 32.2. The van der Waals surface area contributed by atoms with Crippen LogP contribution < -0.4 is 4.72 Å². The average Bonchev–Trinajstić information content (AvgIpc) is 3.29. The third-order valence-corrected chi connectivity index (χ3v) is 5.85. The molecule has 0 amide bonds. The minimum absolute atomic E-state index is 0.115. The van der Waals surface area contributed by atoms with Crippen LogP contribution in [-0.4, -0.2) is 34.7 Å². The number of sulfonamides is 1. The minimum Gasteiger partial charge on any atom is -0.504 e. The van der Waals surface area contributed by atoms with Crippen LogP contribution in [0.2, 0.25) is 0 Å². The summed E-state index contributed by atoms with van der Waals surface area (Å²) in [6.45, 7) is 0. The quantitative estimate of drug-likeness (QED) is 0.352. The zero-order valence-electron chi connectivity index (χ0n) is 18.4. The number of rotatable bonds is 6. The molecule has 8 nitrogen and oxygen atoms in total. The molecule has 0 atom stereocenters. The van der Waals surface area contributed by atoms with Gasteiger partial charge in [0.1, 0.15) is 17.1 Å². The standard InChI is InChI=1S/C25H19FN4O4S/c1-35(32,33)30-18-10-6-16(7-11-18)21-20-3-2-12-27-22(20)24(31)23(29-21)25-28-14-19(34-25)13-15-4-8-17(26)9-5-15/h2-12,14,30-31H,13H2,1H3. The van der Waals surface area contributed by atoms with Crippen molar-refractivity contribution in [2.24, 2.45) is 0 Å². The lowest BCUT2D eigenvalue weighted by molar-refractivity contribution is 0.472. The molecule has 0 unspecified atom stereocenters. The number of halogens is 1. The van der Waals surface area contributed by atoms with E-state index in [0.29, 0.717) is 40.0 Å². The van der Waals surface area contributed by atoms with Crippen LogP contribution in [-0.2, 0) is 16.4 Å². The van der Waals surface area contributed by atoms with Gasteiger partial charge in [-0.2, -0.15) is 0 Å². The predicted octanol–water partition coefficient (Wildman–Crippen LogP) is 4.76. The Morgan fingerprint density at radius 3 is 2.46 bits per heavy atom. The van der Waals surface area contributed by atoms with E-state index in [4.69, 9.17) is 4.42 Å². The molecule has 0 saturated carbocycles. The van der Waals surface area contributed by atoms with Crippen molar-refractivity contribution >= 4 is 26.6 Å². The van der Waals surface area contributed by atoms with Crippen molar-refractivity contribution in [3.05, 3.63) is 90.2 Å². The highest BCUT2D eigenvalue weighted by Gasteiger charge is 2.20. The SMILES string of the molecule is CS(=O)(=O)Nc1ccc(-c2nc(-c3ncc(Cc4ccc(F)cc4)o3)c(O)c3ncccc23)cc1. The Morgan fingerprint density at radius 1 is 1.00 bits per heavy atom. The van der Waals surface area contributed by atoms with Crippen molar-refractivity contribution in [3.8, 4) is 28.6 Å². The molecule has 5 aromatic rings. The molecule has 2 N–H and O–H groups in total. The van der Waals surface area contributed by atoms with Gasteiger partial charge in [0, 0.05) is 29.3 Å². The van der Waals surface area contributed by atoms with Gasteiger partial charge in [0.25, 0.3) is 0 Å². The Kier molecular flexibility index (Phi) is 5.65. The summed E-state index contributed by atoms with van der Waals surface area (Å²) in [6.07, 6.45) is 4.56. The number of aromatic hydroxyl groups is 1. The molecule has 2 aromatic carbocycles. The highest BCUT2D eigenvalue weighted by Crippen LogP contribution is 2.38. The number of hydrogen-bond acceptors (Lipinski definition) is 7. The lowest BCUT2D eigenvalue weighted by Crippen LogP contribution is -2.09. The first-order valence-corrected chi connectivity index (χ1v) is 12.4. The monoisotopic (exact) mass is 490 g/mol. The number of benzene rings is 2. The zero-order valence-corrected chi connectivity index (χ0v) is 19.3. The largest absolute Gasteiger partial charge is 0.504 e. The summed E-state index contributed by atoms with van der Waals surface area (Å²) in [6, 6.07) is 16.3. The van der Waals surface area contributed by atoms with Crippen LogP contribution >= 0.6 is 0 Å². The van der Waals surface area contributed by atoms with E-state index in [1.54, 1.807) is 54.7 Å². The zero-order chi connectivity index (χ0) is 24.6. The Bertz CT molecular complexity index is 1630. The average molecular weight is 491 g/mol. The number of anilines is 1. The molecule has 0 saturated heterocycles. The van der Waals surface area contributed by atoms with Crippen LogP contribution in [0.1, 0.15) is 11.3 Å². The first kappa shape index (κ1) is 22.5. The van der Waals surface area contributed by atoms with Crippen LogP contribution in [0.3, 0.4) is 0 Å². The fourth-order valence-corrected chi connectivity index (χ4v) is 4.27. The van der Waals surface area contributed by atoms with E-state index in [1.165, 1.54) is 18.3 Å². The van der Waals surface area contributed by atoms with Crippen molar-refractivity contribution in [2.45, 2.75) is 6.42 Å².